The lowest BCUT2D eigenvalue weighted by Gasteiger charge is -2.01. The Bertz CT molecular complexity index is 496. The average molecular weight is 221 g/mol. The highest BCUT2D eigenvalue weighted by Crippen LogP contribution is 2.23. The first kappa shape index (κ1) is 9.60. The Morgan fingerprint density at radius 2 is 2.27 bits per heavy atom. The Balaban J connectivity index is 2.52. The number of aromatic nitrogens is 2. The van der Waals surface area contributed by atoms with Crippen molar-refractivity contribution in [1.82, 2.24) is 9.97 Å². The Labute approximate surface area is 89.2 Å². The fourth-order valence-electron chi connectivity index (χ4n) is 1.12. The Morgan fingerprint density at radius 3 is 2.87 bits per heavy atom. The molecule has 0 spiro atoms. The normalized spacial score (nSPS) is 10.1. The first-order chi connectivity index (χ1) is 7.18. The molecular formula is C9H7N3O2S. The van der Waals surface area contributed by atoms with E-state index in [2.05, 4.69) is 9.97 Å². The molecule has 0 bridgehead atoms. The van der Waals surface area contributed by atoms with Crippen LogP contribution in [0.15, 0.2) is 23.8 Å². The predicted octanol–water partition coefficient (Wildman–Crippen LogP) is 1.49. The molecule has 2 aromatic heterocycles. The Morgan fingerprint density at radius 1 is 1.47 bits per heavy atom. The summed E-state index contributed by atoms with van der Waals surface area (Å²) < 4.78 is 0. The summed E-state index contributed by atoms with van der Waals surface area (Å²) in [5, 5.41) is 8.83. The van der Waals surface area contributed by atoms with E-state index < -0.39 is 5.97 Å². The molecule has 2 aromatic rings. The molecule has 0 amide bonds. The van der Waals surface area contributed by atoms with E-state index >= 15 is 0 Å². The number of carboxylic acids is 1. The van der Waals surface area contributed by atoms with Gasteiger partial charge in [0.25, 0.3) is 0 Å². The van der Waals surface area contributed by atoms with Crippen molar-refractivity contribution in [2.24, 2.45) is 0 Å². The monoisotopic (exact) mass is 221 g/mol. The number of nitrogens with two attached hydrogens (primary N) is 1. The zero-order chi connectivity index (χ0) is 10.8. The molecular weight excluding hydrogens is 214 g/mol. The third-order valence-electron chi connectivity index (χ3n) is 1.81. The minimum Gasteiger partial charge on any atom is -0.476 e. The van der Waals surface area contributed by atoms with Crippen LogP contribution in [-0.4, -0.2) is 21.0 Å². The lowest BCUT2D eigenvalue weighted by molar-refractivity contribution is 0.0692. The maximum atomic E-state index is 10.8. The Kier molecular flexibility index (Phi) is 2.34. The number of hydrogen-bond acceptors (Lipinski definition) is 5. The van der Waals surface area contributed by atoms with Gasteiger partial charge in [-0.05, 0) is 12.1 Å². The first-order valence-electron chi connectivity index (χ1n) is 4.07. The molecule has 0 unspecified atom stereocenters. The van der Waals surface area contributed by atoms with Crippen molar-refractivity contribution in [3.8, 4) is 10.6 Å². The highest BCUT2D eigenvalue weighted by atomic mass is 32.1. The molecule has 2 heterocycles. The van der Waals surface area contributed by atoms with Gasteiger partial charge >= 0.3 is 5.97 Å². The highest BCUT2D eigenvalue weighted by Gasteiger charge is 2.11. The van der Waals surface area contributed by atoms with Crippen molar-refractivity contribution >= 4 is 23.0 Å². The molecule has 0 saturated carbocycles. The van der Waals surface area contributed by atoms with Crippen molar-refractivity contribution in [2.45, 2.75) is 0 Å². The van der Waals surface area contributed by atoms with Gasteiger partial charge in [-0.2, -0.15) is 0 Å². The standard InChI is InChI=1S/C9H7N3O2S/c10-5-1-2-6(7-3-11-4-15-7)12-8(5)9(13)14/h1-4H,10H2,(H,13,14). The Hall–Kier alpha value is -1.95. The van der Waals surface area contributed by atoms with Crippen LogP contribution in [0.1, 0.15) is 10.5 Å². The van der Waals surface area contributed by atoms with Gasteiger partial charge < -0.3 is 10.8 Å². The maximum absolute atomic E-state index is 10.8. The number of rotatable bonds is 2. The molecule has 6 heteroatoms. The average Bonchev–Trinajstić information content (AvgIpc) is 2.71. The lowest BCUT2D eigenvalue weighted by Crippen LogP contribution is -2.05. The van der Waals surface area contributed by atoms with Gasteiger partial charge in [0.2, 0.25) is 0 Å². The molecule has 0 aliphatic heterocycles. The maximum Gasteiger partial charge on any atom is 0.356 e. The first-order valence-corrected chi connectivity index (χ1v) is 4.95. The second kappa shape index (κ2) is 3.66. The fourth-order valence-corrected chi connectivity index (χ4v) is 1.71. The zero-order valence-electron chi connectivity index (χ0n) is 7.54. The molecule has 0 radical (unpaired) electrons. The summed E-state index contributed by atoms with van der Waals surface area (Å²) in [7, 11) is 0. The summed E-state index contributed by atoms with van der Waals surface area (Å²) in [4.78, 5) is 19.5. The van der Waals surface area contributed by atoms with Gasteiger partial charge in [0.1, 0.15) is 0 Å². The summed E-state index contributed by atoms with van der Waals surface area (Å²) in [5.41, 5.74) is 7.76. The largest absolute Gasteiger partial charge is 0.476 e. The minimum atomic E-state index is -1.13. The number of anilines is 1. The molecule has 2 rings (SSSR count). The van der Waals surface area contributed by atoms with E-state index in [0.29, 0.717) is 5.69 Å². The summed E-state index contributed by atoms with van der Waals surface area (Å²) in [6, 6.07) is 3.21. The van der Waals surface area contributed by atoms with Crippen molar-refractivity contribution in [3.63, 3.8) is 0 Å². The van der Waals surface area contributed by atoms with Gasteiger partial charge in [-0.1, -0.05) is 0 Å². The van der Waals surface area contributed by atoms with E-state index in [1.54, 1.807) is 17.8 Å². The molecule has 0 aliphatic carbocycles. The van der Waals surface area contributed by atoms with E-state index in [1.165, 1.54) is 17.4 Å². The number of pyridine rings is 1. The van der Waals surface area contributed by atoms with Gasteiger partial charge in [0, 0.05) is 6.20 Å². The molecule has 0 aromatic carbocycles. The summed E-state index contributed by atoms with van der Waals surface area (Å²) >= 11 is 1.39. The summed E-state index contributed by atoms with van der Waals surface area (Å²) in [6.45, 7) is 0. The van der Waals surface area contributed by atoms with E-state index in [1.807, 2.05) is 0 Å². The lowest BCUT2D eigenvalue weighted by atomic mass is 10.2. The van der Waals surface area contributed by atoms with Crippen LogP contribution in [-0.2, 0) is 0 Å². The quantitative estimate of drug-likeness (QED) is 0.801. The number of aromatic carboxylic acids is 1. The number of nitrogens with zero attached hydrogens (tertiary/aromatic N) is 2. The minimum absolute atomic E-state index is 0.124. The number of hydrogen-bond donors (Lipinski definition) is 2. The van der Waals surface area contributed by atoms with E-state index in [-0.39, 0.29) is 11.4 Å². The zero-order valence-corrected chi connectivity index (χ0v) is 8.36. The third-order valence-corrected chi connectivity index (χ3v) is 2.61. The van der Waals surface area contributed by atoms with Crippen LogP contribution in [0.3, 0.4) is 0 Å². The van der Waals surface area contributed by atoms with Crippen LogP contribution in [0.2, 0.25) is 0 Å². The molecule has 0 saturated heterocycles. The van der Waals surface area contributed by atoms with E-state index in [4.69, 9.17) is 10.8 Å². The highest BCUT2D eigenvalue weighted by molar-refractivity contribution is 7.13. The van der Waals surface area contributed by atoms with Crippen LogP contribution >= 0.6 is 11.3 Å². The topological polar surface area (TPSA) is 89.1 Å². The molecule has 76 valence electrons. The van der Waals surface area contributed by atoms with Gasteiger partial charge in [-0.25, -0.2) is 9.78 Å². The second-order valence-electron chi connectivity index (χ2n) is 2.81. The summed E-state index contributed by atoms with van der Waals surface area (Å²) in [6.07, 6.45) is 1.63. The van der Waals surface area contributed by atoms with E-state index in [0.717, 1.165) is 4.88 Å². The molecule has 3 N–H and O–H groups in total. The number of thiazole rings is 1. The third kappa shape index (κ3) is 1.79. The van der Waals surface area contributed by atoms with Crippen molar-refractivity contribution in [3.05, 3.63) is 29.5 Å². The number of nitrogen functional groups attached to an aromatic ring is 1. The second-order valence-corrected chi connectivity index (χ2v) is 3.69. The van der Waals surface area contributed by atoms with Gasteiger partial charge in [-0.15, -0.1) is 11.3 Å². The van der Waals surface area contributed by atoms with Crippen LogP contribution in [0, 0.1) is 0 Å². The smallest absolute Gasteiger partial charge is 0.356 e. The SMILES string of the molecule is Nc1ccc(-c2cncs2)nc1C(=O)O. The van der Waals surface area contributed by atoms with Crippen LogP contribution in [0.4, 0.5) is 5.69 Å². The molecule has 0 fully saturated rings. The van der Waals surface area contributed by atoms with Gasteiger partial charge in [0.15, 0.2) is 5.69 Å². The van der Waals surface area contributed by atoms with E-state index in [9.17, 15) is 4.79 Å². The van der Waals surface area contributed by atoms with Crippen LogP contribution in [0.5, 0.6) is 0 Å². The van der Waals surface area contributed by atoms with Crippen molar-refractivity contribution in [2.75, 3.05) is 5.73 Å². The van der Waals surface area contributed by atoms with Crippen molar-refractivity contribution in [1.29, 1.82) is 0 Å². The molecule has 0 atom stereocenters. The van der Waals surface area contributed by atoms with Crippen LogP contribution < -0.4 is 5.73 Å². The molecule has 15 heavy (non-hydrogen) atoms. The summed E-state index contributed by atoms with van der Waals surface area (Å²) in [5.74, 6) is -1.13. The number of carbonyl (C=O) groups is 1. The van der Waals surface area contributed by atoms with Crippen LogP contribution in [0.25, 0.3) is 10.6 Å². The molecule has 0 aliphatic rings. The molecule has 5 nitrogen and oxygen atoms in total. The number of carboxylic acid groups (broad SMARTS) is 1. The fraction of sp³-hybridized carbons (Fsp3) is 0. The predicted molar refractivity (Wildman–Crippen MR) is 56.7 cm³/mol. The van der Waals surface area contributed by atoms with Gasteiger partial charge in [0.05, 0.1) is 21.8 Å². The van der Waals surface area contributed by atoms with Crippen molar-refractivity contribution < 1.29 is 9.90 Å². The van der Waals surface area contributed by atoms with Gasteiger partial charge in [-0.3, -0.25) is 4.98 Å².